The van der Waals surface area contributed by atoms with E-state index in [0.29, 0.717) is 11.4 Å². The third-order valence-electron chi connectivity index (χ3n) is 2.65. The first-order valence-electron chi connectivity index (χ1n) is 5.79. The molecule has 7 heteroatoms. The average Bonchev–Trinajstić information content (AvgIpc) is 2.80. The van der Waals surface area contributed by atoms with Gasteiger partial charge in [0.05, 0.1) is 18.6 Å². The van der Waals surface area contributed by atoms with Crippen LogP contribution in [0.25, 0.3) is 5.69 Å². The summed E-state index contributed by atoms with van der Waals surface area (Å²) in [5.41, 5.74) is 1.24. The summed E-state index contributed by atoms with van der Waals surface area (Å²) in [6.07, 6.45) is 6.35. The highest BCUT2D eigenvalue weighted by Crippen LogP contribution is 2.25. The summed E-state index contributed by atoms with van der Waals surface area (Å²) in [6.45, 7) is 3.67. The Hall–Kier alpha value is -1.95. The van der Waals surface area contributed by atoms with Crippen molar-refractivity contribution in [1.29, 1.82) is 0 Å². The molecule has 0 spiro atoms. The molecule has 2 aromatic heterocycles. The Labute approximate surface area is 116 Å². The Morgan fingerprint density at radius 3 is 2.58 bits per heavy atom. The van der Waals surface area contributed by atoms with Crippen LogP contribution in [0.15, 0.2) is 24.9 Å². The molecule has 0 fully saturated rings. The molecule has 0 saturated carbocycles. The van der Waals surface area contributed by atoms with Gasteiger partial charge in [0, 0.05) is 13.0 Å². The zero-order valence-electron chi connectivity index (χ0n) is 10.9. The summed E-state index contributed by atoms with van der Waals surface area (Å²) in [5, 5.41) is 4.42. The highest BCUT2D eigenvalue weighted by atomic mass is 35.5. The van der Waals surface area contributed by atoms with Crippen molar-refractivity contribution < 1.29 is 4.79 Å². The fraction of sp³-hybridized carbons (Fsp3) is 0.333. The van der Waals surface area contributed by atoms with Crippen molar-refractivity contribution in [2.45, 2.75) is 13.8 Å². The van der Waals surface area contributed by atoms with Crippen LogP contribution in [0.1, 0.15) is 13.8 Å². The van der Waals surface area contributed by atoms with Gasteiger partial charge in [0.25, 0.3) is 0 Å². The lowest BCUT2D eigenvalue weighted by Crippen LogP contribution is -2.30. The summed E-state index contributed by atoms with van der Waals surface area (Å²) in [5.74, 6) is -0.129. The van der Waals surface area contributed by atoms with Gasteiger partial charge in [-0.2, -0.15) is 5.10 Å². The molecule has 0 bridgehead atoms. The third kappa shape index (κ3) is 2.73. The Morgan fingerprint density at radius 1 is 1.37 bits per heavy atom. The van der Waals surface area contributed by atoms with Crippen LogP contribution in [0.3, 0.4) is 0 Å². The number of hydrogen-bond donors (Lipinski definition) is 0. The number of halogens is 1. The quantitative estimate of drug-likeness (QED) is 0.861. The molecule has 0 saturated heterocycles. The summed E-state index contributed by atoms with van der Waals surface area (Å²) < 4.78 is 1.54. The molecule has 1 amide bonds. The van der Waals surface area contributed by atoms with Crippen LogP contribution in [0.4, 0.5) is 5.69 Å². The standard InChI is InChI=1S/C12H14ClN5O/c1-8(2)12(19)17(3)10-6-18(16-11(10)13)9-4-14-7-15-5-9/h4-8H,1-3H3. The summed E-state index contributed by atoms with van der Waals surface area (Å²) in [6, 6.07) is 0. The zero-order chi connectivity index (χ0) is 14.0. The van der Waals surface area contributed by atoms with Crippen LogP contribution in [-0.4, -0.2) is 32.7 Å². The van der Waals surface area contributed by atoms with E-state index < -0.39 is 0 Å². The molecule has 2 aromatic rings. The Balaban J connectivity index is 2.34. The Morgan fingerprint density at radius 2 is 2.00 bits per heavy atom. The minimum Gasteiger partial charge on any atom is -0.311 e. The number of aromatic nitrogens is 4. The van der Waals surface area contributed by atoms with Crippen LogP contribution in [0, 0.1) is 5.92 Å². The van der Waals surface area contributed by atoms with E-state index in [4.69, 9.17) is 11.6 Å². The molecular weight excluding hydrogens is 266 g/mol. The second-order valence-corrected chi connectivity index (χ2v) is 4.76. The second kappa shape index (κ2) is 5.36. The molecule has 0 aliphatic heterocycles. The van der Waals surface area contributed by atoms with Gasteiger partial charge in [-0.25, -0.2) is 14.6 Å². The SMILES string of the molecule is CC(C)C(=O)N(C)c1cn(-c2cncnc2)nc1Cl. The fourth-order valence-electron chi connectivity index (χ4n) is 1.62. The molecule has 0 radical (unpaired) electrons. The highest BCUT2D eigenvalue weighted by Gasteiger charge is 2.20. The van der Waals surface area contributed by atoms with Crippen molar-refractivity contribution in [2.75, 3.05) is 11.9 Å². The summed E-state index contributed by atoms with van der Waals surface area (Å²) in [4.78, 5) is 21.3. The largest absolute Gasteiger partial charge is 0.311 e. The predicted molar refractivity (Wildman–Crippen MR) is 72.4 cm³/mol. The van der Waals surface area contributed by atoms with Gasteiger partial charge in [-0.3, -0.25) is 4.79 Å². The van der Waals surface area contributed by atoms with E-state index in [-0.39, 0.29) is 17.0 Å². The second-order valence-electron chi connectivity index (χ2n) is 4.40. The molecule has 2 heterocycles. The van der Waals surface area contributed by atoms with Crippen LogP contribution >= 0.6 is 11.6 Å². The minimum atomic E-state index is -0.107. The van der Waals surface area contributed by atoms with Crippen molar-refractivity contribution in [3.05, 3.63) is 30.1 Å². The lowest BCUT2D eigenvalue weighted by molar-refractivity contribution is -0.121. The maximum absolute atomic E-state index is 11.9. The number of carbonyl (C=O) groups is 1. The van der Waals surface area contributed by atoms with E-state index in [1.807, 2.05) is 13.8 Å². The smallest absolute Gasteiger partial charge is 0.229 e. The molecule has 2 rings (SSSR count). The normalized spacial score (nSPS) is 10.8. The van der Waals surface area contributed by atoms with E-state index in [0.717, 1.165) is 0 Å². The molecule has 0 N–H and O–H groups in total. The van der Waals surface area contributed by atoms with Gasteiger partial charge in [-0.15, -0.1) is 0 Å². The average molecular weight is 280 g/mol. The number of amides is 1. The van der Waals surface area contributed by atoms with Gasteiger partial charge < -0.3 is 4.90 Å². The highest BCUT2D eigenvalue weighted by molar-refractivity contribution is 6.32. The van der Waals surface area contributed by atoms with Crippen molar-refractivity contribution >= 4 is 23.2 Å². The fourth-order valence-corrected chi connectivity index (χ4v) is 1.87. The van der Waals surface area contributed by atoms with E-state index in [1.54, 1.807) is 30.3 Å². The Kier molecular flexibility index (Phi) is 3.80. The van der Waals surface area contributed by atoms with Crippen LogP contribution in [0.2, 0.25) is 5.15 Å². The Bertz CT molecular complexity index is 581. The third-order valence-corrected chi connectivity index (χ3v) is 2.92. The van der Waals surface area contributed by atoms with E-state index in [2.05, 4.69) is 15.1 Å². The van der Waals surface area contributed by atoms with E-state index in [1.165, 1.54) is 11.2 Å². The van der Waals surface area contributed by atoms with Gasteiger partial charge in [0.15, 0.2) is 5.15 Å². The molecule has 6 nitrogen and oxygen atoms in total. The maximum atomic E-state index is 11.9. The molecule has 0 atom stereocenters. The first-order chi connectivity index (χ1) is 9.00. The number of anilines is 1. The van der Waals surface area contributed by atoms with Gasteiger partial charge in [0.1, 0.15) is 17.7 Å². The van der Waals surface area contributed by atoms with Gasteiger partial charge in [-0.05, 0) is 0 Å². The predicted octanol–water partition coefficient (Wildman–Crippen LogP) is 1.93. The monoisotopic (exact) mass is 279 g/mol. The summed E-state index contributed by atoms with van der Waals surface area (Å²) >= 11 is 6.07. The lowest BCUT2D eigenvalue weighted by Gasteiger charge is -2.17. The first-order valence-corrected chi connectivity index (χ1v) is 6.16. The molecule has 0 aromatic carbocycles. The van der Waals surface area contributed by atoms with Crippen LogP contribution in [0.5, 0.6) is 0 Å². The van der Waals surface area contributed by atoms with Gasteiger partial charge in [-0.1, -0.05) is 25.4 Å². The van der Waals surface area contributed by atoms with E-state index in [9.17, 15) is 4.79 Å². The van der Waals surface area contributed by atoms with Gasteiger partial charge in [0.2, 0.25) is 5.91 Å². The summed E-state index contributed by atoms with van der Waals surface area (Å²) in [7, 11) is 1.68. The maximum Gasteiger partial charge on any atom is 0.229 e. The number of hydrogen-bond acceptors (Lipinski definition) is 4. The topological polar surface area (TPSA) is 63.9 Å². The number of carbonyl (C=O) groups excluding carboxylic acids is 1. The molecular formula is C12H14ClN5O. The zero-order valence-corrected chi connectivity index (χ0v) is 11.7. The van der Waals surface area contributed by atoms with Crippen molar-refractivity contribution in [3.8, 4) is 5.69 Å². The van der Waals surface area contributed by atoms with E-state index >= 15 is 0 Å². The molecule has 0 aliphatic carbocycles. The first kappa shape index (κ1) is 13.5. The van der Waals surface area contributed by atoms with Gasteiger partial charge >= 0.3 is 0 Å². The van der Waals surface area contributed by atoms with Crippen molar-refractivity contribution in [2.24, 2.45) is 5.92 Å². The van der Waals surface area contributed by atoms with Crippen molar-refractivity contribution in [3.63, 3.8) is 0 Å². The molecule has 19 heavy (non-hydrogen) atoms. The molecule has 100 valence electrons. The lowest BCUT2D eigenvalue weighted by atomic mass is 10.2. The van der Waals surface area contributed by atoms with Crippen molar-refractivity contribution in [1.82, 2.24) is 19.7 Å². The molecule has 0 unspecified atom stereocenters. The van der Waals surface area contributed by atoms with Crippen LogP contribution < -0.4 is 4.90 Å². The minimum absolute atomic E-state index is 0.0224. The van der Waals surface area contributed by atoms with Crippen LogP contribution in [-0.2, 0) is 4.79 Å². The number of nitrogens with zero attached hydrogens (tertiary/aromatic N) is 5. The molecule has 0 aliphatic rings. The number of rotatable bonds is 3.